The molecule has 1 amide bonds. The van der Waals surface area contributed by atoms with Crippen LogP contribution in [0.25, 0.3) is 0 Å². The summed E-state index contributed by atoms with van der Waals surface area (Å²) < 4.78 is 0. The lowest BCUT2D eigenvalue weighted by atomic mass is 10.1. The second-order valence-electron chi connectivity index (χ2n) is 4.40. The van der Waals surface area contributed by atoms with E-state index < -0.39 is 0 Å². The third-order valence-corrected chi connectivity index (χ3v) is 3.15. The Kier molecular flexibility index (Phi) is 3.90. The molecule has 1 fully saturated rings. The van der Waals surface area contributed by atoms with Gasteiger partial charge in [-0.3, -0.25) is 9.78 Å². The van der Waals surface area contributed by atoms with Crippen LogP contribution in [0.4, 0.5) is 5.82 Å². The Morgan fingerprint density at radius 3 is 2.88 bits per heavy atom. The van der Waals surface area contributed by atoms with E-state index in [0.29, 0.717) is 17.4 Å². The maximum Gasteiger partial charge on any atom is 0.271 e. The molecule has 1 aromatic heterocycles. The van der Waals surface area contributed by atoms with Gasteiger partial charge in [-0.25, -0.2) is 4.98 Å². The van der Waals surface area contributed by atoms with E-state index in [1.54, 1.807) is 13.2 Å². The molecule has 2 N–H and O–H groups in total. The van der Waals surface area contributed by atoms with Crippen molar-refractivity contribution in [2.75, 3.05) is 18.9 Å². The van der Waals surface area contributed by atoms with Crippen molar-refractivity contribution < 1.29 is 4.79 Å². The lowest BCUT2D eigenvalue weighted by Crippen LogP contribution is -2.29. The molecule has 0 atom stereocenters. The summed E-state index contributed by atoms with van der Waals surface area (Å²) in [6, 6.07) is 0. The zero-order valence-corrected chi connectivity index (χ0v) is 10.1. The van der Waals surface area contributed by atoms with E-state index >= 15 is 0 Å². The Hall–Kier alpha value is -1.65. The van der Waals surface area contributed by atoms with Crippen LogP contribution < -0.4 is 10.6 Å². The predicted molar refractivity (Wildman–Crippen MR) is 65.9 cm³/mol. The first kappa shape index (κ1) is 11.8. The molecule has 0 bridgehead atoms. The predicted octanol–water partition coefficient (Wildman–Crippen LogP) is 1.44. The summed E-state index contributed by atoms with van der Waals surface area (Å²) in [4.78, 5) is 19.9. The van der Waals surface area contributed by atoms with Crippen LogP contribution >= 0.6 is 0 Å². The van der Waals surface area contributed by atoms with Crippen LogP contribution in [0.15, 0.2) is 12.4 Å². The molecule has 92 valence electrons. The van der Waals surface area contributed by atoms with Crippen LogP contribution in [0, 0.1) is 5.92 Å². The van der Waals surface area contributed by atoms with Crippen LogP contribution in [0.5, 0.6) is 0 Å². The number of anilines is 1. The third-order valence-electron chi connectivity index (χ3n) is 3.15. The average Bonchev–Trinajstić information content (AvgIpc) is 2.89. The largest absolute Gasteiger partial charge is 0.372 e. The van der Waals surface area contributed by atoms with E-state index in [9.17, 15) is 4.79 Å². The molecule has 0 saturated heterocycles. The fourth-order valence-corrected chi connectivity index (χ4v) is 2.14. The SMILES string of the molecule is CNc1cncc(C(=O)NCC2CCCC2)n1. The average molecular weight is 234 g/mol. The van der Waals surface area contributed by atoms with Gasteiger partial charge in [-0.15, -0.1) is 0 Å². The molecule has 0 aliphatic heterocycles. The van der Waals surface area contributed by atoms with Gasteiger partial charge in [-0.05, 0) is 18.8 Å². The standard InChI is InChI=1S/C12H18N4O/c1-13-11-8-14-7-10(16-11)12(17)15-6-9-4-2-3-5-9/h7-9H,2-6H2,1H3,(H,13,16)(H,15,17). The van der Waals surface area contributed by atoms with Gasteiger partial charge in [0, 0.05) is 13.6 Å². The van der Waals surface area contributed by atoms with E-state index in [0.717, 1.165) is 6.54 Å². The van der Waals surface area contributed by atoms with Crippen molar-refractivity contribution in [1.29, 1.82) is 0 Å². The van der Waals surface area contributed by atoms with Gasteiger partial charge in [-0.2, -0.15) is 0 Å². The van der Waals surface area contributed by atoms with Crippen LogP contribution in [0.3, 0.4) is 0 Å². The Labute approximate surface area is 101 Å². The number of hydrogen-bond donors (Lipinski definition) is 2. The number of carbonyl (C=O) groups is 1. The van der Waals surface area contributed by atoms with Gasteiger partial charge in [0.1, 0.15) is 11.5 Å². The second kappa shape index (κ2) is 5.61. The molecule has 1 saturated carbocycles. The van der Waals surface area contributed by atoms with Crippen molar-refractivity contribution in [3.63, 3.8) is 0 Å². The zero-order valence-electron chi connectivity index (χ0n) is 10.1. The van der Waals surface area contributed by atoms with Crippen molar-refractivity contribution in [2.45, 2.75) is 25.7 Å². The smallest absolute Gasteiger partial charge is 0.271 e. The van der Waals surface area contributed by atoms with Gasteiger partial charge in [0.2, 0.25) is 0 Å². The van der Waals surface area contributed by atoms with Crippen molar-refractivity contribution in [3.05, 3.63) is 18.1 Å². The van der Waals surface area contributed by atoms with Crippen LogP contribution in [0.1, 0.15) is 36.2 Å². The van der Waals surface area contributed by atoms with E-state index in [4.69, 9.17) is 0 Å². The van der Waals surface area contributed by atoms with Crippen LogP contribution in [-0.2, 0) is 0 Å². The molecule has 0 spiro atoms. The highest BCUT2D eigenvalue weighted by Crippen LogP contribution is 2.23. The van der Waals surface area contributed by atoms with Gasteiger partial charge in [-0.1, -0.05) is 12.8 Å². The number of nitrogens with zero attached hydrogens (tertiary/aromatic N) is 2. The number of hydrogen-bond acceptors (Lipinski definition) is 4. The molecule has 2 rings (SSSR count). The first-order valence-electron chi connectivity index (χ1n) is 6.07. The van der Waals surface area contributed by atoms with Gasteiger partial charge in [0.05, 0.1) is 12.4 Å². The van der Waals surface area contributed by atoms with E-state index in [1.807, 2.05) is 0 Å². The molecular formula is C12H18N4O. The lowest BCUT2D eigenvalue weighted by molar-refractivity contribution is 0.0942. The topological polar surface area (TPSA) is 66.9 Å². The van der Waals surface area contributed by atoms with E-state index in [-0.39, 0.29) is 5.91 Å². The first-order valence-corrected chi connectivity index (χ1v) is 6.07. The Balaban J connectivity index is 1.89. The van der Waals surface area contributed by atoms with Crippen molar-refractivity contribution in [2.24, 2.45) is 5.92 Å². The zero-order chi connectivity index (χ0) is 12.1. The summed E-state index contributed by atoms with van der Waals surface area (Å²) in [6.07, 6.45) is 8.11. The number of aromatic nitrogens is 2. The summed E-state index contributed by atoms with van der Waals surface area (Å²) in [5.41, 5.74) is 0.370. The molecule has 1 heterocycles. The van der Waals surface area contributed by atoms with Gasteiger partial charge < -0.3 is 10.6 Å². The molecule has 0 radical (unpaired) electrons. The fraction of sp³-hybridized carbons (Fsp3) is 0.583. The number of rotatable bonds is 4. The first-order chi connectivity index (χ1) is 8.29. The van der Waals surface area contributed by atoms with E-state index in [2.05, 4.69) is 20.6 Å². The minimum Gasteiger partial charge on any atom is -0.372 e. The van der Waals surface area contributed by atoms with Gasteiger partial charge in [0.15, 0.2) is 0 Å². The highest BCUT2D eigenvalue weighted by atomic mass is 16.1. The van der Waals surface area contributed by atoms with Crippen LogP contribution in [0.2, 0.25) is 0 Å². The molecule has 5 heteroatoms. The lowest BCUT2D eigenvalue weighted by Gasteiger charge is -2.10. The van der Waals surface area contributed by atoms with Crippen molar-refractivity contribution in [3.8, 4) is 0 Å². The highest BCUT2D eigenvalue weighted by Gasteiger charge is 2.16. The summed E-state index contributed by atoms with van der Waals surface area (Å²) >= 11 is 0. The maximum absolute atomic E-state index is 11.8. The third kappa shape index (κ3) is 3.15. The molecule has 0 aromatic carbocycles. The highest BCUT2D eigenvalue weighted by molar-refractivity contribution is 5.92. The van der Waals surface area contributed by atoms with E-state index in [1.165, 1.54) is 31.9 Å². The Morgan fingerprint density at radius 1 is 1.41 bits per heavy atom. The van der Waals surface area contributed by atoms with Crippen molar-refractivity contribution >= 4 is 11.7 Å². The molecule has 1 aliphatic rings. The summed E-state index contributed by atoms with van der Waals surface area (Å²) in [7, 11) is 1.75. The van der Waals surface area contributed by atoms with Crippen molar-refractivity contribution in [1.82, 2.24) is 15.3 Å². The number of carbonyl (C=O) groups excluding carboxylic acids is 1. The summed E-state index contributed by atoms with van der Waals surface area (Å²) in [5, 5.41) is 5.79. The monoisotopic (exact) mass is 234 g/mol. The summed E-state index contributed by atoms with van der Waals surface area (Å²) in [5.74, 6) is 1.11. The molecule has 17 heavy (non-hydrogen) atoms. The quantitative estimate of drug-likeness (QED) is 0.827. The Morgan fingerprint density at radius 2 is 2.18 bits per heavy atom. The molecule has 1 aromatic rings. The molecule has 0 unspecified atom stereocenters. The Bertz CT molecular complexity index is 388. The minimum absolute atomic E-state index is 0.138. The van der Waals surface area contributed by atoms with Gasteiger partial charge >= 0.3 is 0 Å². The fourth-order valence-electron chi connectivity index (χ4n) is 2.14. The second-order valence-corrected chi connectivity index (χ2v) is 4.40. The normalized spacial score (nSPS) is 15.8. The molecular weight excluding hydrogens is 216 g/mol. The summed E-state index contributed by atoms with van der Waals surface area (Å²) in [6.45, 7) is 0.754. The molecule has 5 nitrogen and oxygen atoms in total. The van der Waals surface area contributed by atoms with Gasteiger partial charge in [0.25, 0.3) is 5.91 Å². The van der Waals surface area contributed by atoms with Crippen LogP contribution in [-0.4, -0.2) is 29.5 Å². The minimum atomic E-state index is -0.138. The molecule has 1 aliphatic carbocycles. The number of amides is 1. The number of nitrogens with one attached hydrogen (secondary N) is 2. The maximum atomic E-state index is 11.8.